The summed E-state index contributed by atoms with van der Waals surface area (Å²) in [6.07, 6.45) is 1.77. The molecule has 0 saturated carbocycles. The number of hydrogen-bond acceptors (Lipinski definition) is 5. The van der Waals surface area contributed by atoms with Gasteiger partial charge in [-0.3, -0.25) is 0 Å². The molecule has 0 fully saturated rings. The Morgan fingerprint density at radius 2 is 2.08 bits per heavy atom. The van der Waals surface area contributed by atoms with Gasteiger partial charge in [0.1, 0.15) is 12.2 Å². The average molecular weight is 371 g/mol. The Hall–Kier alpha value is -1.76. The Kier molecular flexibility index (Phi) is 8.75. The van der Waals surface area contributed by atoms with Gasteiger partial charge >= 0.3 is 12.2 Å². The number of amides is 2. The molecular weight excluding hydrogens is 340 g/mol. The lowest BCUT2D eigenvalue weighted by atomic mass is 10.1. The van der Waals surface area contributed by atoms with E-state index < -0.39 is 17.8 Å². The zero-order valence-electron chi connectivity index (χ0n) is 15.8. The summed E-state index contributed by atoms with van der Waals surface area (Å²) in [6.45, 7) is 8.15. The van der Waals surface area contributed by atoms with Gasteiger partial charge in [0.2, 0.25) is 0 Å². The second-order valence-corrected chi connectivity index (χ2v) is 8.03. The summed E-state index contributed by atoms with van der Waals surface area (Å²) in [5, 5.41) is 4.77. The molecule has 1 N–H and O–H groups in total. The van der Waals surface area contributed by atoms with Crippen LogP contribution in [0, 0.1) is 0 Å². The molecule has 142 valence electrons. The van der Waals surface area contributed by atoms with Crippen molar-refractivity contribution < 1.29 is 19.1 Å². The zero-order chi connectivity index (χ0) is 18.9. The van der Waals surface area contributed by atoms with E-state index in [1.165, 1.54) is 4.90 Å². The molecule has 6 nitrogen and oxygen atoms in total. The summed E-state index contributed by atoms with van der Waals surface area (Å²) in [5.41, 5.74) is -0.559. The summed E-state index contributed by atoms with van der Waals surface area (Å²) in [6, 6.07) is 3.67. The summed E-state index contributed by atoms with van der Waals surface area (Å²) >= 11 is 1.59. The Labute approximate surface area is 154 Å². The lowest BCUT2D eigenvalue weighted by molar-refractivity contribution is 0.0451. The van der Waals surface area contributed by atoms with Crippen molar-refractivity contribution in [1.82, 2.24) is 10.2 Å². The zero-order valence-corrected chi connectivity index (χ0v) is 16.6. The van der Waals surface area contributed by atoms with Crippen LogP contribution in [-0.2, 0) is 16.0 Å². The van der Waals surface area contributed by atoms with Crippen LogP contribution in [0.15, 0.2) is 17.5 Å². The summed E-state index contributed by atoms with van der Waals surface area (Å²) < 4.78 is 10.6. The molecule has 1 atom stereocenters. The van der Waals surface area contributed by atoms with Crippen LogP contribution in [0.25, 0.3) is 0 Å². The highest BCUT2D eigenvalue weighted by molar-refractivity contribution is 7.09. The minimum absolute atomic E-state index is 0.132. The van der Waals surface area contributed by atoms with Crippen molar-refractivity contribution in [2.75, 3.05) is 13.7 Å². The number of carbonyl (C=O) groups is 2. The first-order valence-corrected chi connectivity index (χ1v) is 9.49. The van der Waals surface area contributed by atoms with Gasteiger partial charge in [-0.25, -0.2) is 9.59 Å². The van der Waals surface area contributed by atoms with Crippen molar-refractivity contribution in [2.24, 2.45) is 0 Å². The van der Waals surface area contributed by atoms with Crippen LogP contribution in [0.1, 0.15) is 51.8 Å². The van der Waals surface area contributed by atoms with E-state index in [2.05, 4.69) is 12.2 Å². The Morgan fingerprint density at radius 1 is 1.36 bits per heavy atom. The molecule has 1 aromatic heterocycles. The van der Waals surface area contributed by atoms with Gasteiger partial charge in [-0.05, 0) is 38.6 Å². The van der Waals surface area contributed by atoms with Gasteiger partial charge in [0, 0.05) is 11.9 Å². The molecule has 25 heavy (non-hydrogen) atoms. The number of thiophene rings is 1. The van der Waals surface area contributed by atoms with Crippen LogP contribution in [0.4, 0.5) is 9.59 Å². The fourth-order valence-electron chi connectivity index (χ4n) is 2.10. The van der Waals surface area contributed by atoms with Crippen molar-refractivity contribution >= 4 is 23.5 Å². The van der Waals surface area contributed by atoms with Crippen LogP contribution >= 0.6 is 11.3 Å². The van der Waals surface area contributed by atoms with Crippen LogP contribution in [0.2, 0.25) is 0 Å². The maximum Gasteiger partial charge on any atom is 0.409 e. The number of alkyl carbamates (subject to hydrolysis) is 1. The first kappa shape index (κ1) is 21.3. The molecule has 1 aromatic rings. The molecule has 0 aliphatic rings. The van der Waals surface area contributed by atoms with Crippen molar-refractivity contribution in [3.8, 4) is 0 Å². The second-order valence-electron chi connectivity index (χ2n) is 7.00. The molecule has 0 bridgehead atoms. The standard InChI is InChI=1S/C18H30N2O4S/c1-6-7-9-14(19-16(21)24-18(2,3)4)13-23-17(22)20(5)12-15-10-8-11-25-15/h8,10-11,14H,6-7,9,12-13H2,1-5H3,(H,19,21)/t14-/m0/s1. The minimum Gasteiger partial charge on any atom is -0.447 e. The molecule has 2 amide bonds. The number of carbonyl (C=O) groups excluding carboxylic acids is 2. The van der Waals surface area contributed by atoms with Crippen LogP contribution in [0.3, 0.4) is 0 Å². The van der Waals surface area contributed by atoms with Crippen LogP contribution in [-0.4, -0.2) is 42.4 Å². The second kappa shape index (κ2) is 10.3. The van der Waals surface area contributed by atoms with E-state index >= 15 is 0 Å². The topological polar surface area (TPSA) is 67.9 Å². The molecule has 0 unspecified atom stereocenters. The van der Waals surface area contributed by atoms with Gasteiger partial charge in [-0.2, -0.15) is 0 Å². The maximum atomic E-state index is 12.1. The molecule has 0 spiro atoms. The minimum atomic E-state index is -0.559. The molecule has 0 aromatic carbocycles. The van der Waals surface area contributed by atoms with E-state index in [0.717, 1.165) is 24.1 Å². The number of unbranched alkanes of at least 4 members (excludes halogenated alkanes) is 1. The van der Waals surface area contributed by atoms with Crippen molar-refractivity contribution in [1.29, 1.82) is 0 Å². The predicted octanol–water partition coefficient (Wildman–Crippen LogP) is 4.40. The smallest absolute Gasteiger partial charge is 0.409 e. The molecule has 1 rings (SSSR count). The quantitative estimate of drug-likeness (QED) is 0.736. The third kappa shape index (κ3) is 9.34. The first-order chi connectivity index (χ1) is 11.7. The van der Waals surface area contributed by atoms with Crippen LogP contribution in [0.5, 0.6) is 0 Å². The molecule has 0 saturated heterocycles. The summed E-state index contributed by atoms with van der Waals surface area (Å²) in [7, 11) is 1.70. The van der Waals surface area contributed by atoms with Crippen molar-refractivity contribution in [2.45, 2.75) is 65.1 Å². The molecule has 0 aliphatic heterocycles. The molecule has 7 heteroatoms. The van der Waals surface area contributed by atoms with Crippen LogP contribution < -0.4 is 5.32 Å². The van der Waals surface area contributed by atoms with Gasteiger partial charge < -0.3 is 19.7 Å². The lowest BCUT2D eigenvalue weighted by Crippen LogP contribution is -2.42. The number of ether oxygens (including phenoxy) is 2. The molecule has 0 radical (unpaired) electrons. The molecule has 0 aliphatic carbocycles. The average Bonchev–Trinajstić information content (AvgIpc) is 3.00. The molecular formula is C18H30N2O4S. The largest absolute Gasteiger partial charge is 0.447 e. The Morgan fingerprint density at radius 3 is 2.64 bits per heavy atom. The van der Waals surface area contributed by atoms with E-state index in [4.69, 9.17) is 9.47 Å². The van der Waals surface area contributed by atoms with E-state index in [0.29, 0.717) is 6.54 Å². The predicted molar refractivity (Wildman–Crippen MR) is 99.8 cm³/mol. The van der Waals surface area contributed by atoms with Gasteiger partial charge in [0.05, 0.1) is 12.6 Å². The Balaban J connectivity index is 2.47. The van der Waals surface area contributed by atoms with Gasteiger partial charge in [-0.15, -0.1) is 11.3 Å². The monoisotopic (exact) mass is 370 g/mol. The Bertz CT molecular complexity index is 526. The third-order valence-electron chi connectivity index (χ3n) is 3.32. The van der Waals surface area contributed by atoms with E-state index in [9.17, 15) is 9.59 Å². The van der Waals surface area contributed by atoms with E-state index in [1.54, 1.807) is 18.4 Å². The SMILES string of the molecule is CCCC[C@@H](COC(=O)N(C)Cc1cccs1)NC(=O)OC(C)(C)C. The fraction of sp³-hybridized carbons (Fsp3) is 0.667. The highest BCUT2D eigenvalue weighted by Gasteiger charge is 2.21. The summed E-state index contributed by atoms with van der Waals surface area (Å²) in [5.74, 6) is 0. The first-order valence-electron chi connectivity index (χ1n) is 8.61. The highest BCUT2D eigenvalue weighted by atomic mass is 32.1. The van der Waals surface area contributed by atoms with Gasteiger partial charge in [0.15, 0.2) is 0 Å². The number of hydrogen-bond donors (Lipinski definition) is 1. The fourth-order valence-corrected chi connectivity index (χ4v) is 2.86. The normalized spacial score (nSPS) is 12.4. The van der Waals surface area contributed by atoms with E-state index in [-0.39, 0.29) is 12.6 Å². The van der Waals surface area contributed by atoms with Crippen molar-refractivity contribution in [3.05, 3.63) is 22.4 Å². The maximum absolute atomic E-state index is 12.1. The third-order valence-corrected chi connectivity index (χ3v) is 4.18. The lowest BCUT2D eigenvalue weighted by Gasteiger charge is -2.24. The number of nitrogens with zero attached hydrogens (tertiary/aromatic N) is 1. The van der Waals surface area contributed by atoms with Crippen molar-refractivity contribution in [3.63, 3.8) is 0 Å². The van der Waals surface area contributed by atoms with E-state index in [1.807, 2.05) is 38.3 Å². The number of nitrogens with one attached hydrogen (secondary N) is 1. The van der Waals surface area contributed by atoms with Gasteiger partial charge in [0.25, 0.3) is 0 Å². The van der Waals surface area contributed by atoms with Gasteiger partial charge in [-0.1, -0.05) is 25.8 Å². The summed E-state index contributed by atoms with van der Waals surface area (Å²) in [4.78, 5) is 26.7. The highest BCUT2D eigenvalue weighted by Crippen LogP contribution is 2.12. The molecule has 1 heterocycles. The number of rotatable bonds is 8.